The van der Waals surface area contributed by atoms with Crippen molar-refractivity contribution in [1.29, 1.82) is 0 Å². The van der Waals surface area contributed by atoms with Gasteiger partial charge in [0.2, 0.25) is 17.7 Å². The van der Waals surface area contributed by atoms with E-state index in [1.54, 1.807) is 0 Å². The molecule has 1 heterocycles. The maximum absolute atomic E-state index is 12.7. The third-order valence-corrected chi connectivity index (χ3v) is 5.08. The average molecular weight is 404 g/mol. The number of carbonyl (C=O) groups excluding carboxylic acids is 3. The van der Waals surface area contributed by atoms with Crippen LogP contribution in [0.4, 0.5) is 13.2 Å². The Morgan fingerprint density at radius 2 is 1.83 bits per heavy atom. The number of benzene rings is 1. The maximum atomic E-state index is 12.7. The van der Waals surface area contributed by atoms with Crippen molar-refractivity contribution < 1.29 is 27.6 Å². The number of nitrogens with zero attached hydrogens (tertiary/aromatic N) is 1. The average Bonchev–Trinajstić information content (AvgIpc) is 2.95. The summed E-state index contributed by atoms with van der Waals surface area (Å²) in [7, 11) is 0. The first-order valence-electron chi connectivity index (χ1n) is 9.16. The Kier molecular flexibility index (Phi) is 5.78. The van der Waals surface area contributed by atoms with Crippen molar-refractivity contribution in [2.75, 3.05) is 6.54 Å². The van der Waals surface area contributed by atoms with Gasteiger partial charge in [-0.1, -0.05) is 30.1 Å². The number of hydrogen-bond acceptors (Lipinski definition) is 3. The number of allylic oxidation sites excluding steroid dienone is 2. The first-order chi connectivity index (χ1) is 13.7. The lowest BCUT2D eigenvalue weighted by Crippen LogP contribution is -2.48. The first-order valence-corrected chi connectivity index (χ1v) is 9.16. The third kappa shape index (κ3) is 4.34. The number of nitrogens with one attached hydrogen (secondary N) is 1. The van der Waals surface area contributed by atoms with Gasteiger partial charge in [-0.3, -0.25) is 19.3 Å². The van der Waals surface area contributed by atoms with Gasteiger partial charge in [-0.05, 0) is 38.0 Å². The van der Waals surface area contributed by atoms with Crippen LogP contribution in [-0.4, -0.2) is 35.2 Å². The van der Waals surface area contributed by atoms with Crippen LogP contribution in [0, 0.1) is 23.7 Å². The van der Waals surface area contributed by atoms with Gasteiger partial charge in [0.15, 0.2) is 0 Å². The smallest absolute Gasteiger partial charge is 0.343 e. The van der Waals surface area contributed by atoms with E-state index in [-0.39, 0.29) is 23.9 Å². The molecule has 1 aromatic rings. The van der Waals surface area contributed by atoms with Crippen molar-refractivity contribution in [3.05, 3.63) is 47.5 Å². The minimum atomic E-state index is -4.46. The Morgan fingerprint density at radius 1 is 1.21 bits per heavy atom. The number of amides is 3. The van der Waals surface area contributed by atoms with Gasteiger partial charge >= 0.3 is 6.18 Å². The number of likely N-dealkylation sites (tertiary alicyclic amines) is 1. The number of carbonyl (C=O) groups is 3. The van der Waals surface area contributed by atoms with Crippen molar-refractivity contribution in [3.8, 4) is 11.8 Å². The molecule has 0 radical (unpaired) electrons. The molecule has 2 aliphatic rings. The Morgan fingerprint density at radius 3 is 2.41 bits per heavy atom. The van der Waals surface area contributed by atoms with Gasteiger partial charge in [-0.15, -0.1) is 0 Å². The molecule has 1 aliphatic heterocycles. The number of rotatable bonds is 3. The van der Waals surface area contributed by atoms with E-state index in [0.717, 1.165) is 17.0 Å². The highest BCUT2D eigenvalue weighted by molar-refractivity contribution is 6.08. The number of imide groups is 1. The van der Waals surface area contributed by atoms with E-state index in [2.05, 4.69) is 17.2 Å². The molecular weight excluding hydrogens is 385 g/mol. The van der Waals surface area contributed by atoms with E-state index in [1.807, 2.05) is 12.2 Å². The van der Waals surface area contributed by atoms with Crippen molar-refractivity contribution in [2.45, 2.75) is 32.0 Å². The minimum Gasteiger partial charge on any atom is -0.343 e. The van der Waals surface area contributed by atoms with E-state index in [1.165, 1.54) is 19.1 Å². The van der Waals surface area contributed by atoms with Crippen molar-refractivity contribution >= 4 is 17.7 Å². The predicted octanol–water partition coefficient (Wildman–Crippen LogP) is 2.51. The highest BCUT2D eigenvalue weighted by Crippen LogP contribution is 2.36. The van der Waals surface area contributed by atoms with E-state index in [9.17, 15) is 27.6 Å². The lowest BCUT2D eigenvalue weighted by Gasteiger charge is -2.21. The van der Waals surface area contributed by atoms with Gasteiger partial charge in [0.1, 0.15) is 6.04 Å². The summed E-state index contributed by atoms with van der Waals surface area (Å²) in [4.78, 5) is 38.3. The van der Waals surface area contributed by atoms with Crippen LogP contribution in [0.1, 0.15) is 30.9 Å². The summed E-state index contributed by atoms with van der Waals surface area (Å²) in [6, 6.07) is 3.59. The summed E-state index contributed by atoms with van der Waals surface area (Å²) in [5.74, 6) is 3.08. The molecule has 1 aromatic carbocycles. The van der Waals surface area contributed by atoms with E-state index < -0.39 is 35.5 Å². The first kappa shape index (κ1) is 20.6. The zero-order valence-corrected chi connectivity index (χ0v) is 15.6. The van der Waals surface area contributed by atoms with Gasteiger partial charge in [0.25, 0.3) is 0 Å². The summed E-state index contributed by atoms with van der Waals surface area (Å²) in [5, 5.41) is 2.50. The number of hydrogen-bond donors (Lipinski definition) is 1. The third-order valence-electron chi connectivity index (χ3n) is 5.08. The normalized spacial score (nSPS) is 22.0. The van der Waals surface area contributed by atoms with E-state index in [0.29, 0.717) is 12.8 Å². The molecule has 0 saturated carbocycles. The van der Waals surface area contributed by atoms with Crippen LogP contribution in [0.5, 0.6) is 0 Å². The lowest BCUT2D eigenvalue weighted by molar-refractivity contribution is -0.147. The fraction of sp³-hybridized carbons (Fsp3) is 0.381. The van der Waals surface area contributed by atoms with Crippen molar-refractivity contribution in [1.82, 2.24) is 10.2 Å². The van der Waals surface area contributed by atoms with Gasteiger partial charge in [-0.2, -0.15) is 13.2 Å². The number of halogens is 3. The molecule has 3 amide bonds. The molecule has 5 nitrogen and oxygen atoms in total. The molecule has 3 rings (SSSR count). The Balaban J connectivity index is 1.59. The Bertz CT molecular complexity index is 901. The minimum absolute atomic E-state index is 0.121. The SMILES string of the molecule is C[C@@H](C(=O)NCC#Cc1cccc(C(F)(F)F)c1)N1C(=O)[C@H]2CC=CC[C@H]2C1=O. The summed E-state index contributed by atoms with van der Waals surface area (Å²) in [6.07, 6.45) is 0.252. The van der Waals surface area contributed by atoms with Crippen LogP contribution in [0.15, 0.2) is 36.4 Å². The molecule has 0 bridgehead atoms. The predicted molar refractivity (Wildman–Crippen MR) is 98.0 cm³/mol. The molecule has 1 saturated heterocycles. The Hall–Kier alpha value is -3.08. The quantitative estimate of drug-likeness (QED) is 0.478. The summed E-state index contributed by atoms with van der Waals surface area (Å²) in [6.45, 7) is 1.35. The van der Waals surface area contributed by atoms with E-state index >= 15 is 0 Å². The topological polar surface area (TPSA) is 66.5 Å². The number of alkyl halides is 3. The fourth-order valence-electron chi connectivity index (χ4n) is 3.52. The van der Waals surface area contributed by atoms with Gasteiger partial charge in [0, 0.05) is 5.56 Å². The molecule has 1 aliphatic carbocycles. The van der Waals surface area contributed by atoms with Crippen LogP contribution >= 0.6 is 0 Å². The Labute approximate surface area is 165 Å². The van der Waals surface area contributed by atoms with Gasteiger partial charge < -0.3 is 5.32 Å². The van der Waals surface area contributed by atoms with Crippen molar-refractivity contribution in [2.24, 2.45) is 11.8 Å². The zero-order chi connectivity index (χ0) is 21.2. The molecule has 0 aromatic heterocycles. The van der Waals surface area contributed by atoms with Crippen LogP contribution < -0.4 is 5.32 Å². The number of fused-ring (bicyclic) bond motifs is 1. The van der Waals surface area contributed by atoms with Gasteiger partial charge in [0.05, 0.1) is 23.9 Å². The highest BCUT2D eigenvalue weighted by Gasteiger charge is 2.50. The van der Waals surface area contributed by atoms with E-state index in [4.69, 9.17) is 0 Å². The molecular formula is C21H19F3N2O3. The maximum Gasteiger partial charge on any atom is 0.416 e. The fourth-order valence-corrected chi connectivity index (χ4v) is 3.52. The lowest BCUT2D eigenvalue weighted by atomic mass is 9.85. The summed E-state index contributed by atoms with van der Waals surface area (Å²) >= 11 is 0. The molecule has 0 spiro atoms. The van der Waals surface area contributed by atoms with Crippen LogP contribution in [0.3, 0.4) is 0 Å². The van der Waals surface area contributed by atoms with Crippen LogP contribution in [0.2, 0.25) is 0 Å². The molecule has 0 unspecified atom stereocenters. The molecule has 1 fully saturated rings. The second-order valence-corrected chi connectivity index (χ2v) is 6.98. The van der Waals surface area contributed by atoms with Crippen molar-refractivity contribution in [3.63, 3.8) is 0 Å². The highest BCUT2D eigenvalue weighted by atomic mass is 19.4. The molecule has 152 valence electrons. The standard InChI is InChI=1S/C21H19F3N2O3/c1-13(26-19(28)16-9-2-3-10-17(16)20(26)29)18(27)25-11-5-7-14-6-4-8-15(12-14)21(22,23)24/h2-4,6,8,12-13,16-17H,9-11H2,1H3,(H,25,27)/t13-,16-,17+/m0/s1. The molecule has 1 N–H and O–H groups in total. The summed E-state index contributed by atoms with van der Waals surface area (Å²) in [5.41, 5.74) is -0.632. The zero-order valence-electron chi connectivity index (χ0n) is 15.6. The van der Waals surface area contributed by atoms with Gasteiger partial charge in [-0.25, -0.2) is 0 Å². The largest absolute Gasteiger partial charge is 0.416 e. The molecule has 3 atom stereocenters. The monoisotopic (exact) mass is 404 g/mol. The summed E-state index contributed by atoms with van der Waals surface area (Å²) < 4.78 is 38.1. The van der Waals surface area contributed by atoms with Crippen LogP contribution in [-0.2, 0) is 20.6 Å². The molecule has 29 heavy (non-hydrogen) atoms. The second-order valence-electron chi connectivity index (χ2n) is 6.98. The van der Waals surface area contributed by atoms with Crippen LogP contribution in [0.25, 0.3) is 0 Å². The molecule has 8 heteroatoms. The second kappa shape index (κ2) is 8.11.